The van der Waals surface area contributed by atoms with Gasteiger partial charge in [-0.25, -0.2) is 9.97 Å². The number of nitrogens with zero attached hydrogens (tertiary/aromatic N) is 3. The molecule has 1 N–H and O–H groups in total. The Morgan fingerprint density at radius 1 is 1.35 bits per heavy atom. The highest BCUT2D eigenvalue weighted by molar-refractivity contribution is 9.10. The molecule has 20 heavy (non-hydrogen) atoms. The van der Waals surface area contributed by atoms with Crippen LogP contribution in [0.25, 0.3) is 0 Å². The lowest BCUT2D eigenvalue weighted by atomic mass is 10.3. The molecule has 1 atom stereocenters. The zero-order chi connectivity index (χ0) is 15.0. The molecule has 0 radical (unpaired) electrons. The fourth-order valence-corrected chi connectivity index (χ4v) is 2.48. The van der Waals surface area contributed by atoms with Crippen molar-refractivity contribution in [3.05, 3.63) is 10.8 Å². The molecule has 0 amide bonds. The molecule has 0 saturated heterocycles. The third-order valence-electron chi connectivity index (χ3n) is 2.86. The fourth-order valence-electron chi connectivity index (χ4n) is 1.91. The molecule has 1 aromatic heterocycles. The van der Waals surface area contributed by atoms with Gasteiger partial charge in [0.05, 0.1) is 19.3 Å². The molecule has 114 valence electrons. The average molecular weight is 347 g/mol. The van der Waals surface area contributed by atoms with E-state index in [1.54, 1.807) is 20.5 Å². The molecular formula is C13H23BrN4O2. The lowest BCUT2D eigenvalue weighted by Gasteiger charge is -2.30. The van der Waals surface area contributed by atoms with Crippen LogP contribution in [0.1, 0.15) is 13.8 Å². The van der Waals surface area contributed by atoms with Crippen molar-refractivity contribution >= 4 is 27.6 Å². The number of methoxy groups -OCH3 is 2. The SMILES string of the molecule is CCNc1ncnc(N(CCOC)C(C)COC)c1Br. The van der Waals surface area contributed by atoms with Crippen molar-refractivity contribution in [2.45, 2.75) is 19.9 Å². The Bertz CT molecular complexity index is 406. The Hall–Kier alpha value is -0.920. The Morgan fingerprint density at radius 3 is 2.70 bits per heavy atom. The maximum absolute atomic E-state index is 5.25. The molecule has 0 fully saturated rings. The summed E-state index contributed by atoms with van der Waals surface area (Å²) in [5.41, 5.74) is 0. The number of rotatable bonds is 9. The van der Waals surface area contributed by atoms with Crippen LogP contribution in [-0.2, 0) is 9.47 Å². The number of hydrogen-bond donors (Lipinski definition) is 1. The summed E-state index contributed by atoms with van der Waals surface area (Å²) < 4.78 is 11.3. The lowest BCUT2D eigenvalue weighted by molar-refractivity contribution is 0.170. The Balaban J connectivity index is 3.02. The summed E-state index contributed by atoms with van der Waals surface area (Å²) in [4.78, 5) is 10.8. The number of halogens is 1. The summed E-state index contributed by atoms with van der Waals surface area (Å²) >= 11 is 3.58. The fraction of sp³-hybridized carbons (Fsp3) is 0.692. The van der Waals surface area contributed by atoms with Crippen molar-refractivity contribution < 1.29 is 9.47 Å². The second-order valence-electron chi connectivity index (χ2n) is 4.38. The second-order valence-corrected chi connectivity index (χ2v) is 5.17. The highest BCUT2D eigenvalue weighted by atomic mass is 79.9. The summed E-state index contributed by atoms with van der Waals surface area (Å²) in [6, 6.07) is 0.191. The average Bonchev–Trinajstić information content (AvgIpc) is 2.43. The van der Waals surface area contributed by atoms with Crippen molar-refractivity contribution in [1.82, 2.24) is 9.97 Å². The van der Waals surface area contributed by atoms with E-state index in [0.29, 0.717) is 13.2 Å². The topological polar surface area (TPSA) is 59.5 Å². The molecule has 0 aliphatic carbocycles. The Labute approximate surface area is 129 Å². The molecule has 1 rings (SSSR count). The van der Waals surface area contributed by atoms with E-state index < -0.39 is 0 Å². The van der Waals surface area contributed by atoms with E-state index in [0.717, 1.165) is 29.2 Å². The van der Waals surface area contributed by atoms with E-state index in [4.69, 9.17) is 9.47 Å². The van der Waals surface area contributed by atoms with Gasteiger partial charge in [0.15, 0.2) is 0 Å². The molecule has 0 bridgehead atoms. The van der Waals surface area contributed by atoms with Gasteiger partial charge in [-0.15, -0.1) is 0 Å². The van der Waals surface area contributed by atoms with Gasteiger partial charge in [0.25, 0.3) is 0 Å². The smallest absolute Gasteiger partial charge is 0.148 e. The van der Waals surface area contributed by atoms with Crippen LogP contribution in [0, 0.1) is 0 Å². The van der Waals surface area contributed by atoms with E-state index in [9.17, 15) is 0 Å². The van der Waals surface area contributed by atoms with E-state index in [1.165, 1.54) is 0 Å². The van der Waals surface area contributed by atoms with Crippen LogP contribution in [0.2, 0.25) is 0 Å². The Morgan fingerprint density at radius 2 is 2.10 bits per heavy atom. The van der Waals surface area contributed by atoms with Gasteiger partial charge in [0.1, 0.15) is 22.4 Å². The predicted molar refractivity (Wildman–Crippen MR) is 84.5 cm³/mol. The third-order valence-corrected chi connectivity index (χ3v) is 3.59. The number of aromatic nitrogens is 2. The molecule has 0 spiro atoms. The van der Waals surface area contributed by atoms with E-state index in [1.807, 2.05) is 6.92 Å². The second kappa shape index (κ2) is 9.10. The molecule has 0 aromatic carbocycles. The van der Waals surface area contributed by atoms with Crippen LogP contribution in [0.4, 0.5) is 11.6 Å². The first kappa shape index (κ1) is 17.1. The van der Waals surface area contributed by atoms with Gasteiger partial charge >= 0.3 is 0 Å². The summed E-state index contributed by atoms with van der Waals surface area (Å²) in [6.07, 6.45) is 1.57. The predicted octanol–water partition coefficient (Wildman–Crippen LogP) is 2.16. The summed E-state index contributed by atoms with van der Waals surface area (Å²) in [6.45, 7) is 6.92. The molecule has 0 aliphatic rings. The molecular weight excluding hydrogens is 324 g/mol. The number of ether oxygens (including phenoxy) is 2. The first-order chi connectivity index (χ1) is 9.65. The third kappa shape index (κ3) is 4.57. The number of anilines is 2. The zero-order valence-corrected chi connectivity index (χ0v) is 14.1. The van der Waals surface area contributed by atoms with Gasteiger partial charge in [0, 0.05) is 27.3 Å². The highest BCUT2D eigenvalue weighted by Crippen LogP contribution is 2.30. The minimum Gasteiger partial charge on any atom is -0.383 e. The zero-order valence-electron chi connectivity index (χ0n) is 12.5. The van der Waals surface area contributed by atoms with E-state index in [2.05, 4.69) is 43.0 Å². The molecule has 1 unspecified atom stereocenters. The van der Waals surface area contributed by atoms with Crippen molar-refractivity contribution in [3.8, 4) is 0 Å². The molecule has 1 heterocycles. The minimum absolute atomic E-state index is 0.191. The maximum atomic E-state index is 5.25. The van der Waals surface area contributed by atoms with Gasteiger partial charge in [-0.1, -0.05) is 0 Å². The van der Waals surface area contributed by atoms with Gasteiger partial charge in [0.2, 0.25) is 0 Å². The van der Waals surface area contributed by atoms with Crippen molar-refractivity contribution in [3.63, 3.8) is 0 Å². The van der Waals surface area contributed by atoms with E-state index >= 15 is 0 Å². The lowest BCUT2D eigenvalue weighted by Crippen LogP contribution is -2.39. The molecule has 6 nitrogen and oxygen atoms in total. The largest absolute Gasteiger partial charge is 0.383 e. The van der Waals surface area contributed by atoms with Crippen LogP contribution < -0.4 is 10.2 Å². The standard InChI is InChI=1S/C13H23BrN4O2/c1-5-15-12-11(14)13(17-9-16-12)18(6-7-19-3)10(2)8-20-4/h9-10H,5-8H2,1-4H3,(H,15,16,17). The summed E-state index contributed by atoms with van der Waals surface area (Å²) in [5, 5.41) is 3.21. The van der Waals surface area contributed by atoms with Gasteiger partial charge < -0.3 is 19.7 Å². The van der Waals surface area contributed by atoms with Gasteiger partial charge in [-0.05, 0) is 29.8 Å². The van der Waals surface area contributed by atoms with Gasteiger partial charge in [-0.3, -0.25) is 0 Å². The number of nitrogens with one attached hydrogen (secondary N) is 1. The molecule has 0 saturated carbocycles. The first-order valence-electron chi connectivity index (χ1n) is 6.64. The van der Waals surface area contributed by atoms with Crippen LogP contribution in [0.3, 0.4) is 0 Å². The van der Waals surface area contributed by atoms with Crippen molar-refractivity contribution in [2.24, 2.45) is 0 Å². The first-order valence-corrected chi connectivity index (χ1v) is 7.43. The normalized spacial score (nSPS) is 12.2. The Kier molecular flexibility index (Phi) is 7.79. The van der Waals surface area contributed by atoms with Crippen molar-refractivity contribution in [2.75, 3.05) is 50.7 Å². The molecule has 1 aromatic rings. The van der Waals surface area contributed by atoms with E-state index in [-0.39, 0.29) is 6.04 Å². The molecule has 7 heteroatoms. The van der Waals surface area contributed by atoms with Gasteiger partial charge in [-0.2, -0.15) is 0 Å². The van der Waals surface area contributed by atoms with Crippen LogP contribution in [0.5, 0.6) is 0 Å². The van der Waals surface area contributed by atoms with Crippen LogP contribution in [-0.4, -0.2) is 56.5 Å². The summed E-state index contributed by atoms with van der Waals surface area (Å²) in [5.74, 6) is 1.64. The van der Waals surface area contributed by atoms with Crippen LogP contribution in [0.15, 0.2) is 10.8 Å². The summed E-state index contributed by atoms with van der Waals surface area (Å²) in [7, 11) is 3.39. The monoisotopic (exact) mass is 346 g/mol. The van der Waals surface area contributed by atoms with Crippen molar-refractivity contribution in [1.29, 1.82) is 0 Å². The maximum Gasteiger partial charge on any atom is 0.148 e. The highest BCUT2D eigenvalue weighted by Gasteiger charge is 2.20. The van der Waals surface area contributed by atoms with Crippen LogP contribution >= 0.6 is 15.9 Å². The molecule has 0 aliphatic heterocycles. The quantitative estimate of drug-likeness (QED) is 0.739. The number of hydrogen-bond acceptors (Lipinski definition) is 6. The minimum atomic E-state index is 0.191.